The van der Waals surface area contributed by atoms with Gasteiger partial charge in [-0.05, 0) is 6.42 Å². The lowest BCUT2D eigenvalue weighted by Crippen LogP contribution is -1.53. The van der Waals surface area contributed by atoms with Gasteiger partial charge in [-0.3, -0.25) is 0 Å². The largest absolute Gasteiger partial charge is 0.0991 e. The van der Waals surface area contributed by atoms with Crippen LogP contribution >= 0.6 is 0 Å². The van der Waals surface area contributed by atoms with E-state index in [1.807, 2.05) is 54.7 Å². The quantitative estimate of drug-likeness (QED) is 0.540. The molecule has 0 aliphatic heterocycles. The van der Waals surface area contributed by atoms with Crippen molar-refractivity contribution in [3.63, 3.8) is 0 Å². The third kappa shape index (κ3) is 10.4. The van der Waals surface area contributed by atoms with Gasteiger partial charge >= 0.3 is 0 Å². The number of allylic oxidation sites excluding steroid dienone is 11. The van der Waals surface area contributed by atoms with E-state index in [4.69, 9.17) is 0 Å². The molecule has 0 rings (SSSR count). The lowest BCUT2D eigenvalue weighted by atomic mass is 10.3. The molecule has 0 saturated heterocycles. The molecule has 0 atom stereocenters. The molecule has 0 bridgehead atoms. The van der Waals surface area contributed by atoms with Crippen molar-refractivity contribution < 1.29 is 0 Å². The molecule has 0 spiro atoms. The first-order valence-electron chi connectivity index (χ1n) is 4.86. The van der Waals surface area contributed by atoms with Crippen LogP contribution in [-0.2, 0) is 0 Å². The summed E-state index contributed by atoms with van der Waals surface area (Å²) < 4.78 is 0. The minimum absolute atomic E-state index is 1.08. The minimum Gasteiger partial charge on any atom is -0.0991 e. The summed E-state index contributed by atoms with van der Waals surface area (Å²) in [5, 5.41) is 0. The molecule has 0 heterocycles. The van der Waals surface area contributed by atoms with Crippen LogP contribution in [0, 0.1) is 0 Å². The molecule has 0 aliphatic carbocycles. The van der Waals surface area contributed by atoms with E-state index >= 15 is 0 Å². The highest BCUT2D eigenvalue weighted by Gasteiger charge is 1.63. The van der Waals surface area contributed by atoms with Gasteiger partial charge in [-0.2, -0.15) is 0 Å². The van der Waals surface area contributed by atoms with Gasteiger partial charge in [0.25, 0.3) is 0 Å². The Morgan fingerprint density at radius 3 is 1.57 bits per heavy atom. The van der Waals surface area contributed by atoms with Crippen LogP contribution in [0.15, 0.2) is 73.4 Å². The maximum absolute atomic E-state index is 3.58. The fraction of sp³-hybridized carbons (Fsp3) is 0.143. The van der Waals surface area contributed by atoms with E-state index in [1.54, 1.807) is 6.08 Å². The van der Waals surface area contributed by atoms with Gasteiger partial charge < -0.3 is 0 Å². The molecule has 0 aromatic rings. The van der Waals surface area contributed by atoms with Gasteiger partial charge in [-0.15, -0.1) is 0 Å². The Bertz CT molecular complexity index is 260. The Morgan fingerprint density at radius 1 is 0.714 bits per heavy atom. The number of hydrogen-bond donors (Lipinski definition) is 0. The predicted octanol–water partition coefficient (Wildman–Crippen LogP) is 4.36. The molecule has 0 nitrogen and oxygen atoms in total. The monoisotopic (exact) mass is 186 g/mol. The summed E-state index contributed by atoms with van der Waals surface area (Å²) in [6, 6.07) is 0. The maximum Gasteiger partial charge on any atom is -0.0376 e. The first-order chi connectivity index (χ1) is 6.91. The molecule has 0 fully saturated rings. The van der Waals surface area contributed by atoms with Crippen molar-refractivity contribution in [1.82, 2.24) is 0 Å². The fourth-order valence-corrected chi connectivity index (χ4v) is 0.742. The molecule has 0 aromatic heterocycles. The van der Waals surface area contributed by atoms with E-state index in [-0.39, 0.29) is 0 Å². The zero-order chi connectivity index (χ0) is 10.5. The summed E-state index contributed by atoms with van der Waals surface area (Å²) in [5.74, 6) is 0. The van der Waals surface area contributed by atoms with Crippen molar-refractivity contribution in [3.8, 4) is 0 Å². The van der Waals surface area contributed by atoms with Crippen LogP contribution in [0.3, 0.4) is 0 Å². The van der Waals surface area contributed by atoms with E-state index in [9.17, 15) is 0 Å². The van der Waals surface area contributed by atoms with Crippen molar-refractivity contribution in [3.05, 3.63) is 73.4 Å². The molecule has 0 amide bonds. The van der Waals surface area contributed by atoms with E-state index in [0.29, 0.717) is 0 Å². The van der Waals surface area contributed by atoms with Crippen molar-refractivity contribution in [2.75, 3.05) is 0 Å². The summed E-state index contributed by atoms with van der Waals surface area (Å²) in [7, 11) is 0. The molecular formula is C14H18. The number of rotatable bonds is 6. The SMILES string of the molecule is C=CC=CC=CC=CC=CC=CCC. The molecule has 0 aliphatic rings. The highest BCUT2D eigenvalue weighted by atomic mass is 13.7. The number of hydrogen-bond acceptors (Lipinski definition) is 0. The summed E-state index contributed by atoms with van der Waals surface area (Å²) in [4.78, 5) is 0. The Kier molecular flexibility index (Phi) is 10.2. The van der Waals surface area contributed by atoms with Crippen LogP contribution in [0.5, 0.6) is 0 Å². The smallest absolute Gasteiger partial charge is 0.0376 e. The average molecular weight is 186 g/mol. The third-order valence-electron chi connectivity index (χ3n) is 1.40. The predicted molar refractivity (Wildman–Crippen MR) is 66.2 cm³/mol. The minimum atomic E-state index is 1.08. The Hall–Kier alpha value is -1.56. The molecular weight excluding hydrogens is 168 g/mol. The van der Waals surface area contributed by atoms with Gasteiger partial charge in [0.1, 0.15) is 0 Å². The molecule has 0 heteroatoms. The van der Waals surface area contributed by atoms with Gasteiger partial charge in [0.05, 0.1) is 0 Å². The molecule has 74 valence electrons. The lowest BCUT2D eigenvalue weighted by Gasteiger charge is -1.75. The second-order valence-electron chi connectivity index (χ2n) is 2.61. The van der Waals surface area contributed by atoms with Gasteiger partial charge in [-0.25, -0.2) is 0 Å². The Morgan fingerprint density at radius 2 is 1.14 bits per heavy atom. The zero-order valence-corrected chi connectivity index (χ0v) is 8.77. The first-order valence-corrected chi connectivity index (χ1v) is 4.86. The van der Waals surface area contributed by atoms with Gasteiger partial charge in [0.15, 0.2) is 0 Å². The normalized spacial score (nSPS) is 13.2. The van der Waals surface area contributed by atoms with E-state index < -0.39 is 0 Å². The maximum atomic E-state index is 3.58. The van der Waals surface area contributed by atoms with E-state index in [0.717, 1.165) is 6.42 Å². The summed E-state index contributed by atoms with van der Waals surface area (Å²) in [6.07, 6.45) is 22.8. The summed E-state index contributed by atoms with van der Waals surface area (Å²) in [5.41, 5.74) is 0. The van der Waals surface area contributed by atoms with Crippen molar-refractivity contribution in [2.24, 2.45) is 0 Å². The molecule has 0 unspecified atom stereocenters. The van der Waals surface area contributed by atoms with Crippen molar-refractivity contribution in [1.29, 1.82) is 0 Å². The van der Waals surface area contributed by atoms with Gasteiger partial charge in [0.2, 0.25) is 0 Å². The fourth-order valence-electron chi connectivity index (χ4n) is 0.742. The van der Waals surface area contributed by atoms with E-state index in [1.165, 1.54) is 0 Å². The molecule has 0 radical (unpaired) electrons. The molecule has 0 N–H and O–H groups in total. The van der Waals surface area contributed by atoms with E-state index in [2.05, 4.69) is 19.6 Å². The first kappa shape index (κ1) is 12.4. The van der Waals surface area contributed by atoms with Gasteiger partial charge in [0, 0.05) is 0 Å². The lowest BCUT2D eigenvalue weighted by molar-refractivity contribution is 1.22. The van der Waals surface area contributed by atoms with Crippen molar-refractivity contribution in [2.45, 2.75) is 13.3 Å². The summed E-state index contributed by atoms with van der Waals surface area (Å²) >= 11 is 0. The van der Waals surface area contributed by atoms with Crippen LogP contribution in [0.1, 0.15) is 13.3 Å². The topological polar surface area (TPSA) is 0 Å². The molecule has 0 saturated carbocycles. The average Bonchev–Trinajstić information content (AvgIpc) is 2.21. The van der Waals surface area contributed by atoms with Crippen LogP contribution in [0.25, 0.3) is 0 Å². The Labute approximate surface area is 87.3 Å². The Balaban J connectivity index is 3.67. The van der Waals surface area contributed by atoms with Crippen LogP contribution < -0.4 is 0 Å². The standard InChI is InChI=1S/C14H18/c1-3-5-7-9-11-13-14-12-10-8-6-4-2/h3,5-14H,1,4H2,2H3. The van der Waals surface area contributed by atoms with Gasteiger partial charge in [-0.1, -0.05) is 80.3 Å². The van der Waals surface area contributed by atoms with Crippen LogP contribution in [0.2, 0.25) is 0 Å². The van der Waals surface area contributed by atoms with Crippen molar-refractivity contribution >= 4 is 0 Å². The highest BCUT2D eigenvalue weighted by molar-refractivity contribution is 5.18. The second kappa shape index (κ2) is 11.4. The highest BCUT2D eigenvalue weighted by Crippen LogP contribution is 1.85. The molecule has 14 heavy (non-hydrogen) atoms. The zero-order valence-electron chi connectivity index (χ0n) is 8.77. The summed E-state index contributed by atoms with van der Waals surface area (Å²) in [6.45, 7) is 5.70. The third-order valence-corrected chi connectivity index (χ3v) is 1.40. The molecule has 0 aromatic carbocycles. The van der Waals surface area contributed by atoms with Crippen LogP contribution in [-0.4, -0.2) is 0 Å². The van der Waals surface area contributed by atoms with Crippen LogP contribution in [0.4, 0.5) is 0 Å². The second-order valence-corrected chi connectivity index (χ2v) is 2.61.